The minimum absolute atomic E-state index is 0.639. The molecule has 0 radical (unpaired) electrons. The maximum atomic E-state index is 5.33. The predicted octanol–water partition coefficient (Wildman–Crippen LogP) is 4.98. The highest BCUT2D eigenvalue weighted by molar-refractivity contribution is 5.57. The van der Waals surface area contributed by atoms with Crippen LogP contribution in [-0.4, -0.2) is 38.4 Å². The van der Waals surface area contributed by atoms with Crippen LogP contribution in [0.5, 0.6) is 23.0 Å². The molecular weight excluding hydrogens is 452 g/mol. The Morgan fingerprint density at radius 2 is 0.972 bits per heavy atom. The first-order valence-electron chi connectivity index (χ1n) is 11.0. The predicted molar refractivity (Wildman–Crippen MR) is 139 cm³/mol. The third kappa shape index (κ3) is 5.94. The molecule has 2 aromatic heterocycles. The van der Waals surface area contributed by atoms with Crippen LogP contribution < -0.4 is 18.9 Å². The van der Waals surface area contributed by atoms with Gasteiger partial charge in [-0.25, -0.2) is 0 Å². The Balaban J connectivity index is 1.47. The van der Waals surface area contributed by atoms with Crippen LogP contribution in [0, 0.1) is 23.7 Å². The van der Waals surface area contributed by atoms with Gasteiger partial charge in [-0.15, -0.1) is 0 Å². The molecule has 36 heavy (non-hydrogen) atoms. The summed E-state index contributed by atoms with van der Waals surface area (Å²) in [5, 5.41) is 0. The number of nitrogens with zero attached hydrogens (tertiary/aromatic N) is 2. The Labute approximate surface area is 210 Å². The molecule has 6 heteroatoms. The number of aromatic nitrogens is 2. The zero-order valence-electron chi connectivity index (χ0n) is 20.5. The van der Waals surface area contributed by atoms with Gasteiger partial charge in [0.05, 0.1) is 39.8 Å². The summed E-state index contributed by atoms with van der Waals surface area (Å²) in [6, 6.07) is 18.7. The summed E-state index contributed by atoms with van der Waals surface area (Å²) in [5.74, 6) is 15.2. The van der Waals surface area contributed by atoms with Gasteiger partial charge < -0.3 is 18.9 Å². The van der Waals surface area contributed by atoms with Gasteiger partial charge in [0.1, 0.15) is 11.5 Å². The molecule has 0 aliphatic carbocycles. The van der Waals surface area contributed by atoms with E-state index < -0.39 is 0 Å². The monoisotopic (exact) mass is 476 g/mol. The summed E-state index contributed by atoms with van der Waals surface area (Å²) in [6.45, 7) is 0. The molecule has 0 fully saturated rings. The van der Waals surface area contributed by atoms with Crippen LogP contribution in [0.3, 0.4) is 0 Å². The number of pyridine rings is 2. The Hall–Kier alpha value is -4.94. The SMILES string of the molecule is COc1cc(C#Cc2ccc(-c3ccc(C#Cc4ccc(OC)c(OC)c4)cn3)nc2)cc(OC)c1. The molecule has 178 valence electrons. The van der Waals surface area contributed by atoms with Crippen molar-refractivity contribution in [2.45, 2.75) is 0 Å². The van der Waals surface area contributed by atoms with Crippen LogP contribution in [0.2, 0.25) is 0 Å². The fourth-order valence-electron chi connectivity index (χ4n) is 3.32. The van der Waals surface area contributed by atoms with Crippen molar-refractivity contribution in [1.82, 2.24) is 9.97 Å². The standard InChI is InChI=1S/C30H24N2O4/c1-33-25-15-24(16-26(18-25)34-2)8-7-23-10-13-28(32-20-23)27-12-9-22(19-31-27)6-5-21-11-14-29(35-3)30(17-21)36-4/h9-20H,1-4H3. The van der Waals surface area contributed by atoms with E-state index in [4.69, 9.17) is 18.9 Å². The van der Waals surface area contributed by atoms with Crippen LogP contribution in [-0.2, 0) is 0 Å². The molecule has 0 aliphatic heterocycles. The molecular formula is C30H24N2O4. The van der Waals surface area contributed by atoms with Crippen LogP contribution in [0.1, 0.15) is 22.3 Å². The Kier molecular flexibility index (Phi) is 7.70. The van der Waals surface area contributed by atoms with Crippen molar-refractivity contribution in [3.05, 3.63) is 95.3 Å². The first-order chi connectivity index (χ1) is 17.6. The molecule has 0 bridgehead atoms. The number of ether oxygens (including phenoxy) is 4. The Bertz CT molecular complexity index is 1450. The molecule has 0 saturated heterocycles. The van der Waals surface area contributed by atoms with Crippen molar-refractivity contribution in [2.75, 3.05) is 28.4 Å². The summed E-state index contributed by atoms with van der Waals surface area (Å²) < 4.78 is 21.2. The lowest BCUT2D eigenvalue weighted by atomic mass is 10.1. The molecule has 0 amide bonds. The lowest BCUT2D eigenvalue weighted by molar-refractivity contribution is 0.355. The molecule has 0 spiro atoms. The maximum absolute atomic E-state index is 5.33. The molecule has 2 heterocycles. The third-order valence-corrected chi connectivity index (χ3v) is 5.23. The van der Waals surface area contributed by atoms with E-state index >= 15 is 0 Å². The van der Waals surface area contributed by atoms with Gasteiger partial charge in [-0.3, -0.25) is 9.97 Å². The van der Waals surface area contributed by atoms with Crippen LogP contribution in [0.25, 0.3) is 11.4 Å². The van der Waals surface area contributed by atoms with E-state index in [1.54, 1.807) is 40.8 Å². The highest BCUT2D eigenvalue weighted by Crippen LogP contribution is 2.27. The van der Waals surface area contributed by atoms with Gasteiger partial charge in [-0.2, -0.15) is 0 Å². The molecule has 0 saturated carbocycles. The normalized spacial score (nSPS) is 9.78. The largest absolute Gasteiger partial charge is 0.497 e. The second-order valence-electron chi connectivity index (χ2n) is 7.54. The maximum Gasteiger partial charge on any atom is 0.161 e. The minimum atomic E-state index is 0.639. The molecule has 4 aromatic rings. The number of hydrogen-bond acceptors (Lipinski definition) is 6. The van der Waals surface area contributed by atoms with Gasteiger partial charge in [-0.05, 0) is 54.6 Å². The first kappa shape index (κ1) is 24.2. The lowest BCUT2D eigenvalue weighted by Crippen LogP contribution is -1.91. The van der Waals surface area contributed by atoms with Gasteiger partial charge in [-0.1, -0.05) is 23.7 Å². The smallest absolute Gasteiger partial charge is 0.161 e. The van der Waals surface area contributed by atoms with E-state index in [1.807, 2.05) is 60.7 Å². The number of methoxy groups -OCH3 is 4. The first-order valence-corrected chi connectivity index (χ1v) is 11.0. The molecule has 0 aliphatic rings. The second kappa shape index (κ2) is 11.5. The molecule has 4 rings (SSSR count). The van der Waals surface area contributed by atoms with E-state index in [1.165, 1.54) is 0 Å². The quantitative estimate of drug-likeness (QED) is 0.379. The molecule has 2 aromatic carbocycles. The fourth-order valence-corrected chi connectivity index (χ4v) is 3.32. The lowest BCUT2D eigenvalue weighted by Gasteiger charge is -2.06. The summed E-state index contributed by atoms with van der Waals surface area (Å²) in [4.78, 5) is 9.02. The van der Waals surface area contributed by atoms with Crippen LogP contribution >= 0.6 is 0 Å². The average molecular weight is 477 g/mol. The van der Waals surface area contributed by atoms with E-state index in [0.717, 1.165) is 33.6 Å². The third-order valence-electron chi connectivity index (χ3n) is 5.23. The number of hydrogen-bond donors (Lipinski definition) is 0. The topological polar surface area (TPSA) is 62.7 Å². The highest BCUT2D eigenvalue weighted by Gasteiger charge is 2.04. The summed E-state index contributed by atoms with van der Waals surface area (Å²) >= 11 is 0. The Morgan fingerprint density at radius 1 is 0.472 bits per heavy atom. The molecule has 6 nitrogen and oxygen atoms in total. The zero-order chi connectivity index (χ0) is 25.3. The number of benzene rings is 2. The van der Waals surface area contributed by atoms with Crippen molar-refractivity contribution >= 4 is 0 Å². The fraction of sp³-hybridized carbons (Fsp3) is 0.133. The van der Waals surface area contributed by atoms with Crippen molar-refractivity contribution < 1.29 is 18.9 Å². The van der Waals surface area contributed by atoms with Gasteiger partial charge in [0.15, 0.2) is 11.5 Å². The zero-order valence-corrected chi connectivity index (χ0v) is 20.5. The molecule has 0 unspecified atom stereocenters. The van der Waals surface area contributed by atoms with Gasteiger partial charge >= 0.3 is 0 Å². The van der Waals surface area contributed by atoms with Crippen LogP contribution in [0.4, 0.5) is 0 Å². The average Bonchev–Trinajstić information content (AvgIpc) is 2.95. The summed E-state index contributed by atoms with van der Waals surface area (Å²) in [7, 11) is 6.43. The van der Waals surface area contributed by atoms with Gasteiger partial charge in [0, 0.05) is 40.7 Å². The van der Waals surface area contributed by atoms with Crippen molar-refractivity contribution in [3.63, 3.8) is 0 Å². The van der Waals surface area contributed by atoms with Gasteiger partial charge in [0.25, 0.3) is 0 Å². The van der Waals surface area contributed by atoms with Crippen LogP contribution in [0.15, 0.2) is 73.1 Å². The molecule has 0 N–H and O–H groups in total. The highest BCUT2D eigenvalue weighted by atomic mass is 16.5. The molecule has 0 atom stereocenters. The van der Waals surface area contributed by atoms with Crippen molar-refractivity contribution in [1.29, 1.82) is 0 Å². The summed E-state index contributed by atoms with van der Waals surface area (Å²) in [6.07, 6.45) is 3.46. The second-order valence-corrected chi connectivity index (χ2v) is 7.54. The van der Waals surface area contributed by atoms with E-state index in [0.29, 0.717) is 23.0 Å². The van der Waals surface area contributed by atoms with Gasteiger partial charge in [0.2, 0.25) is 0 Å². The minimum Gasteiger partial charge on any atom is -0.497 e. The van der Waals surface area contributed by atoms with E-state index in [-0.39, 0.29) is 0 Å². The van der Waals surface area contributed by atoms with E-state index in [2.05, 4.69) is 33.6 Å². The van der Waals surface area contributed by atoms with Crippen molar-refractivity contribution in [3.8, 4) is 58.1 Å². The number of rotatable bonds is 5. The van der Waals surface area contributed by atoms with E-state index in [9.17, 15) is 0 Å². The summed E-state index contributed by atoms with van der Waals surface area (Å²) in [5.41, 5.74) is 4.71. The van der Waals surface area contributed by atoms with Crippen molar-refractivity contribution in [2.24, 2.45) is 0 Å². The Morgan fingerprint density at radius 3 is 1.44 bits per heavy atom.